The van der Waals surface area contributed by atoms with Crippen molar-refractivity contribution in [1.82, 2.24) is 0 Å². The summed E-state index contributed by atoms with van der Waals surface area (Å²) in [6, 6.07) is 0. The molecular formula is C8H12O5. The van der Waals surface area contributed by atoms with E-state index in [1.807, 2.05) is 6.92 Å². The minimum Gasteiger partial charge on any atom is -0.502 e. The molecule has 0 aromatic carbocycles. The van der Waals surface area contributed by atoms with Crippen molar-refractivity contribution < 1.29 is 24.5 Å². The average Bonchev–Trinajstić information content (AvgIpc) is 2.03. The third kappa shape index (κ3) is 25.3. The predicted molar refractivity (Wildman–Crippen MR) is 46.2 cm³/mol. The van der Waals surface area contributed by atoms with Gasteiger partial charge in [0.2, 0.25) is 0 Å². The smallest absolute Gasteiger partial charge is 0.328 e. The van der Waals surface area contributed by atoms with E-state index < -0.39 is 11.9 Å². The van der Waals surface area contributed by atoms with Gasteiger partial charge in [-0.05, 0) is 6.92 Å². The Morgan fingerprint density at radius 3 is 1.77 bits per heavy atom. The second-order valence-electron chi connectivity index (χ2n) is 1.63. The zero-order valence-electron chi connectivity index (χ0n) is 7.27. The highest BCUT2D eigenvalue weighted by Gasteiger charge is 1.88. The molecule has 0 spiro atoms. The number of carbonyl (C=O) groups is 2. The maximum atomic E-state index is 9.55. The Morgan fingerprint density at radius 2 is 1.69 bits per heavy atom. The van der Waals surface area contributed by atoms with Crippen LogP contribution in [0.1, 0.15) is 6.92 Å². The Morgan fingerprint density at radius 1 is 1.31 bits per heavy atom. The fourth-order valence-electron chi connectivity index (χ4n) is 0.260. The number of aliphatic carboxylic acids is 2. The molecule has 0 rings (SSSR count). The molecule has 13 heavy (non-hydrogen) atoms. The number of carboxylic acid groups (broad SMARTS) is 2. The molecule has 0 saturated heterocycles. The fourth-order valence-corrected chi connectivity index (χ4v) is 0.260. The van der Waals surface area contributed by atoms with E-state index in [4.69, 9.17) is 10.2 Å². The van der Waals surface area contributed by atoms with Crippen LogP contribution in [0.2, 0.25) is 0 Å². The maximum Gasteiger partial charge on any atom is 0.328 e. The van der Waals surface area contributed by atoms with Crippen molar-refractivity contribution in [2.24, 2.45) is 0 Å². The van der Waals surface area contributed by atoms with Crippen molar-refractivity contribution in [3.8, 4) is 0 Å². The van der Waals surface area contributed by atoms with Gasteiger partial charge < -0.3 is 14.9 Å². The molecule has 0 atom stereocenters. The van der Waals surface area contributed by atoms with Gasteiger partial charge in [-0.25, -0.2) is 9.59 Å². The van der Waals surface area contributed by atoms with Gasteiger partial charge in [0.25, 0.3) is 0 Å². The van der Waals surface area contributed by atoms with Crippen molar-refractivity contribution >= 4 is 11.9 Å². The van der Waals surface area contributed by atoms with E-state index in [1.165, 1.54) is 6.26 Å². The quantitative estimate of drug-likeness (QED) is 0.505. The van der Waals surface area contributed by atoms with Crippen LogP contribution in [0.25, 0.3) is 0 Å². The van der Waals surface area contributed by atoms with Crippen LogP contribution < -0.4 is 0 Å². The molecule has 5 nitrogen and oxygen atoms in total. The molecule has 0 radical (unpaired) electrons. The molecule has 0 saturated carbocycles. The van der Waals surface area contributed by atoms with Crippen LogP contribution in [0.4, 0.5) is 0 Å². The van der Waals surface area contributed by atoms with Crippen molar-refractivity contribution in [2.45, 2.75) is 6.92 Å². The third-order valence-electron chi connectivity index (χ3n) is 0.653. The number of carboxylic acids is 2. The molecular weight excluding hydrogens is 176 g/mol. The van der Waals surface area contributed by atoms with Crippen molar-refractivity contribution in [1.29, 1.82) is 0 Å². The summed E-state index contributed by atoms with van der Waals surface area (Å²) >= 11 is 0. The average molecular weight is 188 g/mol. The van der Waals surface area contributed by atoms with Crippen molar-refractivity contribution in [3.05, 3.63) is 25.0 Å². The fraction of sp³-hybridized carbons (Fsp3) is 0.250. The zero-order valence-corrected chi connectivity index (χ0v) is 7.27. The summed E-state index contributed by atoms with van der Waals surface area (Å²) in [4.78, 5) is 19.1. The highest BCUT2D eigenvalue weighted by atomic mass is 16.5. The second kappa shape index (κ2) is 10.2. The Kier molecular flexibility index (Phi) is 10.8. The van der Waals surface area contributed by atoms with Gasteiger partial charge in [0.05, 0.1) is 12.9 Å². The van der Waals surface area contributed by atoms with Crippen LogP contribution in [0.3, 0.4) is 0 Å². The van der Waals surface area contributed by atoms with Gasteiger partial charge in [-0.3, -0.25) is 0 Å². The molecule has 0 aromatic rings. The number of rotatable bonds is 4. The molecule has 0 aromatic heterocycles. The maximum absolute atomic E-state index is 9.55. The van der Waals surface area contributed by atoms with E-state index in [2.05, 4.69) is 11.3 Å². The van der Waals surface area contributed by atoms with E-state index in [1.54, 1.807) is 0 Å². The van der Waals surface area contributed by atoms with Gasteiger partial charge in [-0.15, -0.1) is 0 Å². The Bertz CT molecular complexity index is 179. The molecule has 0 bridgehead atoms. The van der Waals surface area contributed by atoms with Gasteiger partial charge in [-0.2, -0.15) is 0 Å². The van der Waals surface area contributed by atoms with Crippen LogP contribution in [0.15, 0.2) is 25.0 Å². The third-order valence-corrected chi connectivity index (χ3v) is 0.653. The van der Waals surface area contributed by atoms with E-state index in [9.17, 15) is 9.59 Å². The van der Waals surface area contributed by atoms with E-state index in [-0.39, 0.29) is 0 Å². The summed E-state index contributed by atoms with van der Waals surface area (Å²) in [5.74, 6) is -2.51. The van der Waals surface area contributed by atoms with E-state index in [0.29, 0.717) is 12.2 Å². The molecule has 0 heterocycles. The minimum atomic E-state index is -1.26. The summed E-state index contributed by atoms with van der Waals surface area (Å²) in [5.41, 5.74) is 0. The van der Waals surface area contributed by atoms with Gasteiger partial charge in [-0.1, -0.05) is 6.58 Å². The molecule has 0 aliphatic heterocycles. The summed E-state index contributed by atoms with van der Waals surface area (Å²) < 4.78 is 4.60. The van der Waals surface area contributed by atoms with Crippen molar-refractivity contribution in [2.75, 3.05) is 6.61 Å². The molecule has 5 heteroatoms. The van der Waals surface area contributed by atoms with Crippen LogP contribution >= 0.6 is 0 Å². The Hall–Kier alpha value is -1.78. The zero-order chi connectivity index (χ0) is 10.7. The Balaban J connectivity index is 0. The van der Waals surface area contributed by atoms with Crippen LogP contribution in [-0.2, 0) is 14.3 Å². The number of ether oxygens (including phenoxy) is 1. The predicted octanol–water partition coefficient (Wildman–Crippen LogP) is 0.878. The summed E-state index contributed by atoms with van der Waals surface area (Å²) in [7, 11) is 0. The van der Waals surface area contributed by atoms with Crippen molar-refractivity contribution in [3.63, 3.8) is 0 Å². The second-order valence-corrected chi connectivity index (χ2v) is 1.63. The molecule has 0 aliphatic rings. The lowest BCUT2D eigenvalue weighted by atomic mass is 10.5. The molecule has 74 valence electrons. The SMILES string of the molecule is C=COCC.O=C(O)C=CC(=O)O. The van der Waals surface area contributed by atoms with Gasteiger partial charge in [0.15, 0.2) is 0 Å². The molecule has 0 amide bonds. The highest BCUT2D eigenvalue weighted by Crippen LogP contribution is 1.70. The lowest BCUT2D eigenvalue weighted by Gasteiger charge is -1.84. The standard InChI is InChI=1S/C4H4O4.C4H8O/c5-3(6)1-2-4(7)8;1-3-5-4-2/h1-2H,(H,5,6)(H,7,8);3H,1,4H2,2H3. The van der Waals surface area contributed by atoms with Crippen LogP contribution in [0.5, 0.6) is 0 Å². The minimum absolute atomic E-state index is 0.558. The highest BCUT2D eigenvalue weighted by molar-refractivity contribution is 5.89. The first-order valence-corrected chi connectivity index (χ1v) is 3.41. The summed E-state index contributed by atoms with van der Waals surface area (Å²) in [6.45, 7) is 5.97. The molecule has 0 unspecified atom stereocenters. The normalized spacial score (nSPS) is 8.38. The lowest BCUT2D eigenvalue weighted by molar-refractivity contribution is -0.134. The van der Waals surface area contributed by atoms with Gasteiger partial charge in [0, 0.05) is 12.2 Å². The first kappa shape index (κ1) is 13.8. The summed E-state index contributed by atoms with van der Waals surface area (Å²) in [6.07, 6.45) is 2.55. The molecule has 0 fully saturated rings. The van der Waals surface area contributed by atoms with E-state index >= 15 is 0 Å². The summed E-state index contributed by atoms with van der Waals surface area (Å²) in [5, 5.41) is 15.6. The number of hydrogen-bond donors (Lipinski definition) is 2. The van der Waals surface area contributed by atoms with Crippen LogP contribution in [0, 0.1) is 0 Å². The van der Waals surface area contributed by atoms with Gasteiger partial charge >= 0.3 is 11.9 Å². The molecule has 2 N–H and O–H groups in total. The Labute approximate surface area is 75.9 Å². The topological polar surface area (TPSA) is 83.8 Å². The largest absolute Gasteiger partial charge is 0.502 e. The van der Waals surface area contributed by atoms with Crippen LogP contribution in [-0.4, -0.2) is 28.8 Å². The van der Waals surface area contributed by atoms with Gasteiger partial charge in [0.1, 0.15) is 0 Å². The molecule has 0 aliphatic carbocycles. The van der Waals surface area contributed by atoms with E-state index in [0.717, 1.165) is 6.61 Å². The number of hydrogen-bond acceptors (Lipinski definition) is 3. The first-order chi connectivity index (χ1) is 6.04. The monoisotopic (exact) mass is 188 g/mol. The first-order valence-electron chi connectivity index (χ1n) is 3.41. The lowest BCUT2D eigenvalue weighted by Crippen LogP contribution is -1.91.